The second kappa shape index (κ2) is 9.15. The van der Waals surface area contributed by atoms with Crippen LogP contribution in [0, 0.1) is 12.8 Å². The predicted octanol–water partition coefficient (Wildman–Crippen LogP) is 2.36. The zero-order valence-electron chi connectivity index (χ0n) is 14.4. The first-order chi connectivity index (χ1) is 11.6. The number of carbonyl (C=O) groups is 2. The van der Waals surface area contributed by atoms with E-state index in [1.54, 1.807) is 11.8 Å². The van der Waals surface area contributed by atoms with E-state index >= 15 is 0 Å². The fourth-order valence-electron chi connectivity index (χ4n) is 2.73. The van der Waals surface area contributed by atoms with Gasteiger partial charge in [0.05, 0.1) is 19.1 Å². The van der Waals surface area contributed by atoms with Gasteiger partial charge < -0.3 is 19.7 Å². The number of aryl methyl sites for hydroxylation is 1. The highest BCUT2D eigenvalue weighted by atomic mass is 16.5. The fourth-order valence-corrected chi connectivity index (χ4v) is 2.73. The van der Waals surface area contributed by atoms with Crippen molar-refractivity contribution in [3.05, 3.63) is 29.8 Å². The Morgan fingerprint density at radius 1 is 1.25 bits per heavy atom. The molecular weight excluding hydrogens is 308 g/mol. The Balaban J connectivity index is 1.65. The minimum atomic E-state index is -0.149. The quantitative estimate of drug-likeness (QED) is 0.640. The van der Waals surface area contributed by atoms with Crippen molar-refractivity contribution < 1.29 is 19.1 Å². The summed E-state index contributed by atoms with van der Waals surface area (Å²) in [5, 5.41) is 2.86. The number of nitrogens with zero attached hydrogens (tertiary/aromatic N) is 1. The van der Waals surface area contributed by atoms with Crippen molar-refractivity contribution in [2.24, 2.45) is 5.92 Å². The number of hydrogen-bond donors (Lipinski definition) is 1. The SMILES string of the molecule is CCOC(=O)C1CCN(C(=O)NCCOc2ccccc2C)CC1. The maximum atomic E-state index is 12.1. The molecule has 0 atom stereocenters. The number of amides is 2. The number of nitrogens with one attached hydrogen (secondary N) is 1. The lowest BCUT2D eigenvalue weighted by atomic mass is 9.97. The molecule has 1 fully saturated rings. The summed E-state index contributed by atoms with van der Waals surface area (Å²) in [6.45, 7) is 6.23. The molecule has 1 saturated heterocycles. The van der Waals surface area contributed by atoms with Crippen LogP contribution < -0.4 is 10.1 Å². The van der Waals surface area contributed by atoms with E-state index in [-0.39, 0.29) is 17.9 Å². The van der Waals surface area contributed by atoms with E-state index < -0.39 is 0 Å². The first kappa shape index (κ1) is 18.1. The molecule has 0 radical (unpaired) electrons. The lowest BCUT2D eigenvalue weighted by Gasteiger charge is -2.30. The first-order valence-electron chi connectivity index (χ1n) is 8.49. The van der Waals surface area contributed by atoms with Crippen LogP contribution in [0.4, 0.5) is 4.79 Å². The Bertz CT molecular complexity index is 554. The topological polar surface area (TPSA) is 67.9 Å². The van der Waals surface area contributed by atoms with Crippen LogP contribution in [0.3, 0.4) is 0 Å². The lowest BCUT2D eigenvalue weighted by molar-refractivity contribution is -0.149. The number of para-hydroxylation sites is 1. The van der Waals surface area contributed by atoms with Gasteiger partial charge in [0.25, 0.3) is 0 Å². The third kappa shape index (κ3) is 5.15. The van der Waals surface area contributed by atoms with Crippen molar-refractivity contribution in [2.75, 3.05) is 32.8 Å². The summed E-state index contributed by atoms with van der Waals surface area (Å²) in [7, 11) is 0. The number of urea groups is 1. The van der Waals surface area contributed by atoms with Crippen molar-refractivity contribution in [1.29, 1.82) is 0 Å². The van der Waals surface area contributed by atoms with Gasteiger partial charge in [0, 0.05) is 13.1 Å². The van der Waals surface area contributed by atoms with Gasteiger partial charge in [-0.25, -0.2) is 4.79 Å². The van der Waals surface area contributed by atoms with E-state index in [0.717, 1.165) is 11.3 Å². The van der Waals surface area contributed by atoms with Crippen molar-refractivity contribution in [3.63, 3.8) is 0 Å². The van der Waals surface area contributed by atoms with Crippen molar-refractivity contribution in [2.45, 2.75) is 26.7 Å². The number of likely N-dealkylation sites (tertiary alicyclic amines) is 1. The van der Waals surface area contributed by atoms with E-state index in [1.165, 1.54) is 0 Å². The molecule has 0 aliphatic carbocycles. The van der Waals surface area contributed by atoms with E-state index in [0.29, 0.717) is 45.7 Å². The van der Waals surface area contributed by atoms with Crippen molar-refractivity contribution >= 4 is 12.0 Å². The van der Waals surface area contributed by atoms with E-state index in [9.17, 15) is 9.59 Å². The molecule has 0 bridgehead atoms. The summed E-state index contributed by atoms with van der Waals surface area (Å²) in [5.41, 5.74) is 1.07. The number of ether oxygens (including phenoxy) is 2. The minimum absolute atomic E-state index is 0.0848. The Morgan fingerprint density at radius 2 is 1.96 bits per heavy atom. The maximum Gasteiger partial charge on any atom is 0.317 e. The Hall–Kier alpha value is -2.24. The summed E-state index contributed by atoms with van der Waals surface area (Å²) in [4.78, 5) is 25.6. The van der Waals surface area contributed by atoms with Gasteiger partial charge in [-0.05, 0) is 38.3 Å². The van der Waals surface area contributed by atoms with Crippen molar-refractivity contribution in [3.8, 4) is 5.75 Å². The highest BCUT2D eigenvalue weighted by Gasteiger charge is 2.27. The van der Waals surface area contributed by atoms with Crippen LogP contribution in [-0.4, -0.2) is 49.7 Å². The number of esters is 1. The number of hydrogen-bond acceptors (Lipinski definition) is 4. The monoisotopic (exact) mass is 334 g/mol. The molecule has 1 aromatic carbocycles. The Labute approximate surface area is 143 Å². The second-order valence-corrected chi connectivity index (χ2v) is 5.86. The van der Waals surface area contributed by atoms with Gasteiger partial charge in [-0.1, -0.05) is 18.2 Å². The summed E-state index contributed by atoms with van der Waals surface area (Å²) in [6, 6.07) is 7.68. The standard InChI is InChI=1S/C18H26N2O4/c1-3-23-17(21)15-8-11-20(12-9-15)18(22)19-10-13-24-16-7-5-4-6-14(16)2/h4-7,15H,3,8-13H2,1-2H3,(H,19,22). The van der Waals surface area contributed by atoms with Gasteiger partial charge in [0.15, 0.2) is 0 Å². The molecule has 1 aliphatic rings. The molecule has 132 valence electrons. The Kier molecular flexibility index (Phi) is 6.90. The number of carbonyl (C=O) groups excluding carboxylic acids is 2. The van der Waals surface area contributed by atoms with Crippen molar-refractivity contribution in [1.82, 2.24) is 10.2 Å². The molecule has 1 aromatic rings. The zero-order valence-corrected chi connectivity index (χ0v) is 14.4. The lowest BCUT2D eigenvalue weighted by Crippen LogP contribution is -2.46. The molecule has 0 saturated carbocycles. The van der Waals surface area contributed by atoms with Crippen LogP contribution in [0.2, 0.25) is 0 Å². The van der Waals surface area contributed by atoms with Crippen LogP contribution in [0.5, 0.6) is 5.75 Å². The van der Waals surface area contributed by atoms with Gasteiger partial charge in [-0.3, -0.25) is 4.79 Å². The fraction of sp³-hybridized carbons (Fsp3) is 0.556. The van der Waals surface area contributed by atoms with E-state index in [2.05, 4.69) is 5.32 Å². The van der Waals surface area contributed by atoms with Crippen LogP contribution >= 0.6 is 0 Å². The molecule has 2 amide bonds. The third-order valence-electron chi connectivity index (χ3n) is 4.13. The molecule has 1 aliphatic heterocycles. The smallest absolute Gasteiger partial charge is 0.317 e. The second-order valence-electron chi connectivity index (χ2n) is 5.86. The number of benzene rings is 1. The Morgan fingerprint density at radius 3 is 2.62 bits per heavy atom. The molecule has 24 heavy (non-hydrogen) atoms. The molecule has 1 N–H and O–H groups in total. The van der Waals surface area contributed by atoms with Gasteiger partial charge in [-0.2, -0.15) is 0 Å². The molecular formula is C18H26N2O4. The summed E-state index contributed by atoms with van der Waals surface area (Å²) in [5.74, 6) is 0.601. The van der Waals surface area contributed by atoms with E-state index in [4.69, 9.17) is 9.47 Å². The molecule has 0 aromatic heterocycles. The van der Waals surface area contributed by atoms with Crippen LogP contribution in [0.25, 0.3) is 0 Å². The normalized spacial score (nSPS) is 15.0. The van der Waals surface area contributed by atoms with Crippen LogP contribution in [0.15, 0.2) is 24.3 Å². The maximum absolute atomic E-state index is 12.1. The largest absolute Gasteiger partial charge is 0.491 e. The average Bonchev–Trinajstić information content (AvgIpc) is 2.60. The van der Waals surface area contributed by atoms with Crippen LogP contribution in [-0.2, 0) is 9.53 Å². The summed E-state index contributed by atoms with van der Waals surface area (Å²) >= 11 is 0. The summed E-state index contributed by atoms with van der Waals surface area (Å²) in [6.07, 6.45) is 1.32. The molecule has 1 heterocycles. The highest BCUT2D eigenvalue weighted by Crippen LogP contribution is 2.19. The minimum Gasteiger partial charge on any atom is -0.491 e. The molecule has 6 nitrogen and oxygen atoms in total. The van der Waals surface area contributed by atoms with Gasteiger partial charge >= 0.3 is 12.0 Å². The van der Waals surface area contributed by atoms with Gasteiger partial charge in [-0.15, -0.1) is 0 Å². The van der Waals surface area contributed by atoms with Gasteiger partial charge in [0.1, 0.15) is 12.4 Å². The molecule has 6 heteroatoms. The van der Waals surface area contributed by atoms with Gasteiger partial charge in [0.2, 0.25) is 0 Å². The van der Waals surface area contributed by atoms with E-state index in [1.807, 2.05) is 31.2 Å². The zero-order chi connectivity index (χ0) is 17.4. The highest BCUT2D eigenvalue weighted by molar-refractivity contribution is 5.76. The third-order valence-corrected chi connectivity index (χ3v) is 4.13. The molecule has 0 unspecified atom stereocenters. The number of rotatable bonds is 6. The molecule has 2 rings (SSSR count). The molecule has 0 spiro atoms. The number of piperidine rings is 1. The van der Waals surface area contributed by atoms with Crippen LogP contribution in [0.1, 0.15) is 25.3 Å². The average molecular weight is 334 g/mol. The predicted molar refractivity (Wildman–Crippen MR) is 91.0 cm³/mol. The first-order valence-corrected chi connectivity index (χ1v) is 8.49. The summed E-state index contributed by atoms with van der Waals surface area (Å²) < 4.78 is 10.7.